The molecular weight excluding hydrogens is 230 g/mol. The maximum absolute atomic E-state index is 11.9. The highest BCUT2D eigenvalue weighted by molar-refractivity contribution is 5.92. The number of ether oxygens (including phenoxy) is 1. The van der Waals surface area contributed by atoms with E-state index in [4.69, 9.17) is 10.5 Å². The van der Waals surface area contributed by atoms with Gasteiger partial charge in [-0.05, 0) is 12.1 Å². The van der Waals surface area contributed by atoms with E-state index in [0.29, 0.717) is 25.4 Å². The van der Waals surface area contributed by atoms with E-state index in [1.807, 2.05) is 0 Å². The predicted octanol–water partition coefficient (Wildman–Crippen LogP) is 0.110. The number of pyridine rings is 1. The SMILES string of the molecule is COCCN(C)C(=O)c1ccc(C#CCN)cn1. The van der Waals surface area contributed by atoms with Crippen LogP contribution in [0.2, 0.25) is 0 Å². The van der Waals surface area contributed by atoms with Gasteiger partial charge >= 0.3 is 0 Å². The van der Waals surface area contributed by atoms with Crippen LogP contribution in [0.25, 0.3) is 0 Å². The first kappa shape index (κ1) is 14.2. The summed E-state index contributed by atoms with van der Waals surface area (Å²) in [4.78, 5) is 17.6. The van der Waals surface area contributed by atoms with Gasteiger partial charge in [-0.3, -0.25) is 4.79 Å². The molecule has 0 aliphatic rings. The van der Waals surface area contributed by atoms with Crippen molar-refractivity contribution in [3.63, 3.8) is 0 Å². The summed E-state index contributed by atoms with van der Waals surface area (Å²) in [5.41, 5.74) is 6.42. The van der Waals surface area contributed by atoms with Crippen LogP contribution in [-0.4, -0.2) is 49.6 Å². The van der Waals surface area contributed by atoms with Gasteiger partial charge in [-0.15, -0.1) is 0 Å². The van der Waals surface area contributed by atoms with Gasteiger partial charge < -0.3 is 15.4 Å². The summed E-state index contributed by atoms with van der Waals surface area (Å²) < 4.78 is 4.92. The zero-order valence-electron chi connectivity index (χ0n) is 10.6. The molecule has 0 fully saturated rings. The Morgan fingerprint density at radius 1 is 1.56 bits per heavy atom. The Balaban J connectivity index is 2.69. The van der Waals surface area contributed by atoms with Crippen molar-refractivity contribution in [3.05, 3.63) is 29.6 Å². The molecule has 0 aliphatic carbocycles. The Morgan fingerprint density at radius 3 is 2.89 bits per heavy atom. The van der Waals surface area contributed by atoms with Crippen molar-refractivity contribution in [1.29, 1.82) is 0 Å². The molecule has 96 valence electrons. The summed E-state index contributed by atoms with van der Waals surface area (Å²) in [5.74, 6) is 5.45. The third-order valence-corrected chi connectivity index (χ3v) is 2.29. The molecule has 1 amide bonds. The molecule has 0 atom stereocenters. The van der Waals surface area contributed by atoms with Gasteiger partial charge in [-0.1, -0.05) is 11.8 Å². The number of aromatic nitrogens is 1. The van der Waals surface area contributed by atoms with E-state index in [1.54, 1.807) is 37.4 Å². The summed E-state index contributed by atoms with van der Waals surface area (Å²) >= 11 is 0. The number of hydrogen-bond acceptors (Lipinski definition) is 4. The van der Waals surface area contributed by atoms with Crippen LogP contribution < -0.4 is 5.73 Å². The molecule has 1 heterocycles. The van der Waals surface area contributed by atoms with Crippen LogP contribution in [0.3, 0.4) is 0 Å². The Kier molecular flexibility index (Phi) is 5.85. The Labute approximate surface area is 107 Å². The van der Waals surface area contributed by atoms with Crippen LogP contribution >= 0.6 is 0 Å². The molecule has 0 radical (unpaired) electrons. The summed E-state index contributed by atoms with van der Waals surface area (Å²) in [7, 11) is 3.31. The van der Waals surface area contributed by atoms with Crippen LogP contribution in [0.4, 0.5) is 0 Å². The van der Waals surface area contributed by atoms with Crippen LogP contribution in [0.1, 0.15) is 16.1 Å². The second kappa shape index (κ2) is 7.43. The predicted molar refractivity (Wildman–Crippen MR) is 69.0 cm³/mol. The first-order valence-corrected chi connectivity index (χ1v) is 5.58. The third kappa shape index (κ3) is 4.17. The molecule has 0 bridgehead atoms. The van der Waals surface area contributed by atoms with Gasteiger partial charge in [-0.25, -0.2) is 4.98 Å². The molecule has 1 aromatic heterocycles. The van der Waals surface area contributed by atoms with Crippen molar-refractivity contribution in [1.82, 2.24) is 9.88 Å². The molecular formula is C13H17N3O2. The van der Waals surface area contributed by atoms with Gasteiger partial charge in [0, 0.05) is 32.5 Å². The van der Waals surface area contributed by atoms with E-state index in [2.05, 4.69) is 16.8 Å². The fourth-order valence-corrected chi connectivity index (χ4v) is 1.27. The largest absolute Gasteiger partial charge is 0.383 e. The molecule has 0 aliphatic heterocycles. The maximum Gasteiger partial charge on any atom is 0.272 e. The minimum atomic E-state index is -0.134. The number of hydrogen-bond donors (Lipinski definition) is 1. The lowest BCUT2D eigenvalue weighted by atomic mass is 10.2. The second-order valence-electron chi connectivity index (χ2n) is 3.66. The number of likely N-dealkylation sites (N-methyl/N-ethyl adjacent to an activating group) is 1. The first-order valence-electron chi connectivity index (χ1n) is 5.58. The molecule has 0 spiro atoms. The molecule has 2 N–H and O–H groups in total. The number of nitrogens with zero attached hydrogens (tertiary/aromatic N) is 2. The highest BCUT2D eigenvalue weighted by Crippen LogP contribution is 2.02. The molecule has 5 heteroatoms. The van der Waals surface area contributed by atoms with Crippen molar-refractivity contribution < 1.29 is 9.53 Å². The zero-order valence-corrected chi connectivity index (χ0v) is 10.6. The number of methoxy groups -OCH3 is 1. The van der Waals surface area contributed by atoms with Crippen LogP contribution in [0, 0.1) is 11.8 Å². The summed E-state index contributed by atoms with van der Waals surface area (Å²) in [6, 6.07) is 3.42. The van der Waals surface area contributed by atoms with Crippen molar-refractivity contribution in [2.75, 3.05) is 33.9 Å². The Hall–Kier alpha value is -1.90. The molecule has 0 saturated carbocycles. The highest BCUT2D eigenvalue weighted by atomic mass is 16.5. The quantitative estimate of drug-likeness (QED) is 0.767. The number of nitrogens with two attached hydrogens (primary N) is 1. The summed E-state index contributed by atoms with van der Waals surface area (Å²) in [6.45, 7) is 1.34. The van der Waals surface area contributed by atoms with E-state index in [-0.39, 0.29) is 5.91 Å². The second-order valence-corrected chi connectivity index (χ2v) is 3.66. The maximum atomic E-state index is 11.9. The fraction of sp³-hybridized carbons (Fsp3) is 0.385. The van der Waals surface area contributed by atoms with E-state index < -0.39 is 0 Å². The zero-order chi connectivity index (χ0) is 13.4. The summed E-state index contributed by atoms with van der Waals surface area (Å²) in [6.07, 6.45) is 1.57. The van der Waals surface area contributed by atoms with Gasteiger partial charge in [0.1, 0.15) is 5.69 Å². The molecule has 1 aromatic rings. The van der Waals surface area contributed by atoms with E-state index in [1.165, 1.54) is 0 Å². The first-order chi connectivity index (χ1) is 8.69. The lowest BCUT2D eigenvalue weighted by Gasteiger charge is -2.15. The van der Waals surface area contributed by atoms with Crippen LogP contribution in [0.5, 0.6) is 0 Å². The smallest absolute Gasteiger partial charge is 0.272 e. The minimum Gasteiger partial charge on any atom is -0.383 e. The third-order valence-electron chi connectivity index (χ3n) is 2.29. The number of rotatable bonds is 4. The normalized spacial score (nSPS) is 9.50. The van der Waals surface area contributed by atoms with Crippen LogP contribution in [-0.2, 0) is 4.74 Å². The molecule has 0 aromatic carbocycles. The highest BCUT2D eigenvalue weighted by Gasteiger charge is 2.12. The molecule has 5 nitrogen and oxygen atoms in total. The topological polar surface area (TPSA) is 68.5 Å². The van der Waals surface area contributed by atoms with Crippen molar-refractivity contribution in [2.24, 2.45) is 5.73 Å². The monoisotopic (exact) mass is 247 g/mol. The van der Waals surface area contributed by atoms with Crippen LogP contribution in [0.15, 0.2) is 18.3 Å². The average molecular weight is 247 g/mol. The van der Waals surface area contributed by atoms with Crippen molar-refractivity contribution in [3.8, 4) is 11.8 Å². The average Bonchev–Trinajstić information content (AvgIpc) is 2.42. The van der Waals surface area contributed by atoms with Gasteiger partial charge in [-0.2, -0.15) is 0 Å². The van der Waals surface area contributed by atoms with E-state index >= 15 is 0 Å². The van der Waals surface area contributed by atoms with Gasteiger partial charge in [0.25, 0.3) is 5.91 Å². The van der Waals surface area contributed by atoms with E-state index in [9.17, 15) is 4.79 Å². The van der Waals surface area contributed by atoms with Gasteiger partial charge in [0.05, 0.1) is 13.2 Å². The fourth-order valence-electron chi connectivity index (χ4n) is 1.27. The lowest BCUT2D eigenvalue weighted by Crippen LogP contribution is -2.30. The van der Waals surface area contributed by atoms with Gasteiger partial charge in [0.15, 0.2) is 0 Å². The van der Waals surface area contributed by atoms with E-state index in [0.717, 1.165) is 5.56 Å². The Bertz CT molecular complexity index is 446. The number of amides is 1. The molecule has 1 rings (SSSR count). The minimum absolute atomic E-state index is 0.134. The molecule has 0 unspecified atom stereocenters. The summed E-state index contributed by atoms with van der Waals surface area (Å²) in [5, 5.41) is 0. The molecule has 18 heavy (non-hydrogen) atoms. The van der Waals surface area contributed by atoms with Gasteiger partial charge in [0.2, 0.25) is 0 Å². The van der Waals surface area contributed by atoms with Crippen molar-refractivity contribution in [2.45, 2.75) is 0 Å². The number of carbonyl (C=O) groups is 1. The molecule has 0 saturated heterocycles. The number of carbonyl (C=O) groups excluding carboxylic acids is 1. The van der Waals surface area contributed by atoms with Crippen molar-refractivity contribution >= 4 is 5.91 Å². The Morgan fingerprint density at radius 2 is 2.33 bits per heavy atom. The standard InChI is InChI=1S/C13H17N3O2/c1-16(8-9-18-2)13(17)12-6-5-11(10-15-12)4-3-7-14/h5-6,10H,7-9,14H2,1-2H3. The lowest BCUT2D eigenvalue weighted by molar-refractivity contribution is 0.0738.